The van der Waals surface area contributed by atoms with Gasteiger partial charge in [-0.1, -0.05) is 24.3 Å². The smallest absolute Gasteiger partial charge is 0.319 e. The molecule has 0 saturated carbocycles. The molecule has 1 saturated heterocycles. The fourth-order valence-electron chi connectivity index (χ4n) is 3.47. The van der Waals surface area contributed by atoms with Crippen LogP contribution < -0.4 is 16.0 Å². The van der Waals surface area contributed by atoms with Crippen molar-refractivity contribution in [1.82, 2.24) is 20.9 Å². The standard InChI is InChI=1S/C19H24N4O3/c1-12-17(13(2)22-19(26)21-12)18(25)20-10-14-6-3-4-7-15(14)11-23-9-5-8-16(23)24/h3-4,6-7,12H,5,8-11H2,1-2H3,(H,20,25)(H2,21,22,26). The van der Waals surface area contributed by atoms with E-state index in [9.17, 15) is 14.4 Å². The van der Waals surface area contributed by atoms with Crippen molar-refractivity contribution in [3.8, 4) is 0 Å². The first-order chi connectivity index (χ1) is 12.5. The highest BCUT2D eigenvalue weighted by molar-refractivity contribution is 5.98. The van der Waals surface area contributed by atoms with E-state index in [2.05, 4.69) is 16.0 Å². The van der Waals surface area contributed by atoms with Crippen LogP contribution in [0.4, 0.5) is 4.79 Å². The molecule has 3 N–H and O–H groups in total. The number of carbonyl (C=O) groups is 3. The molecule has 4 amide bonds. The lowest BCUT2D eigenvalue weighted by Crippen LogP contribution is -2.50. The summed E-state index contributed by atoms with van der Waals surface area (Å²) in [5, 5.41) is 8.25. The molecule has 2 heterocycles. The number of urea groups is 1. The van der Waals surface area contributed by atoms with Crippen LogP contribution in [0.3, 0.4) is 0 Å². The van der Waals surface area contributed by atoms with Crippen molar-refractivity contribution in [2.24, 2.45) is 0 Å². The molecule has 0 aromatic heterocycles. The number of rotatable bonds is 5. The van der Waals surface area contributed by atoms with Gasteiger partial charge in [0.15, 0.2) is 0 Å². The molecule has 0 spiro atoms. The van der Waals surface area contributed by atoms with Crippen LogP contribution in [0.25, 0.3) is 0 Å². The number of carbonyl (C=O) groups excluding carboxylic acids is 3. The number of nitrogens with one attached hydrogen (secondary N) is 3. The molecular formula is C19H24N4O3. The van der Waals surface area contributed by atoms with Gasteiger partial charge in [0, 0.05) is 31.8 Å². The quantitative estimate of drug-likeness (QED) is 0.745. The van der Waals surface area contributed by atoms with Gasteiger partial charge >= 0.3 is 6.03 Å². The Kier molecular flexibility index (Phi) is 5.25. The third-order valence-electron chi connectivity index (χ3n) is 4.82. The molecule has 1 fully saturated rings. The van der Waals surface area contributed by atoms with Gasteiger partial charge in [-0.05, 0) is 31.4 Å². The Morgan fingerprint density at radius 3 is 2.65 bits per heavy atom. The summed E-state index contributed by atoms with van der Waals surface area (Å²) in [6.45, 7) is 5.23. The summed E-state index contributed by atoms with van der Waals surface area (Å²) in [6, 6.07) is 7.17. The molecule has 2 aliphatic heterocycles. The second kappa shape index (κ2) is 7.59. The van der Waals surface area contributed by atoms with E-state index in [1.54, 1.807) is 13.8 Å². The fraction of sp³-hybridized carbons (Fsp3) is 0.421. The minimum atomic E-state index is -0.346. The number of hydrogen-bond donors (Lipinski definition) is 3. The van der Waals surface area contributed by atoms with Gasteiger partial charge in [-0.3, -0.25) is 9.59 Å². The molecule has 7 nitrogen and oxygen atoms in total. The second-order valence-electron chi connectivity index (χ2n) is 6.73. The summed E-state index contributed by atoms with van der Waals surface area (Å²) in [5.41, 5.74) is 3.11. The largest absolute Gasteiger partial charge is 0.348 e. The first-order valence-electron chi connectivity index (χ1n) is 8.86. The van der Waals surface area contributed by atoms with Crippen LogP contribution in [0, 0.1) is 0 Å². The molecule has 26 heavy (non-hydrogen) atoms. The fourth-order valence-corrected chi connectivity index (χ4v) is 3.47. The maximum atomic E-state index is 12.6. The van der Waals surface area contributed by atoms with E-state index in [4.69, 9.17) is 0 Å². The van der Waals surface area contributed by atoms with Crippen LogP contribution >= 0.6 is 0 Å². The van der Waals surface area contributed by atoms with E-state index in [0.29, 0.717) is 30.8 Å². The van der Waals surface area contributed by atoms with Crippen LogP contribution in [0.1, 0.15) is 37.8 Å². The van der Waals surface area contributed by atoms with Crippen LogP contribution in [-0.4, -0.2) is 35.3 Å². The minimum Gasteiger partial charge on any atom is -0.348 e. The zero-order chi connectivity index (χ0) is 18.7. The number of nitrogens with zero attached hydrogens (tertiary/aromatic N) is 1. The van der Waals surface area contributed by atoms with Crippen molar-refractivity contribution in [3.05, 3.63) is 46.7 Å². The van der Waals surface area contributed by atoms with Crippen molar-refractivity contribution >= 4 is 17.8 Å². The van der Waals surface area contributed by atoms with E-state index < -0.39 is 0 Å². The average Bonchev–Trinajstić information content (AvgIpc) is 2.98. The van der Waals surface area contributed by atoms with Crippen molar-refractivity contribution < 1.29 is 14.4 Å². The summed E-state index contributed by atoms with van der Waals surface area (Å²) in [7, 11) is 0. The molecular weight excluding hydrogens is 332 g/mol. The molecule has 1 atom stereocenters. The van der Waals surface area contributed by atoms with E-state index in [0.717, 1.165) is 24.1 Å². The van der Waals surface area contributed by atoms with Crippen molar-refractivity contribution in [3.63, 3.8) is 0 Å². The Balaban J connectivity index is 1.68. The van der Waals surface area contributed by atoms with Crippen LogP contribution in [0.2, 0.25) is 0 Å². The summed E-state index contributed by atoms with van der Waals surface area (Å²) >= 11 is 0. The van der Waals surface area contributed by atoms with Crippen LogP contribution in [0.5, 0.6) is 0 Å². The average molecular weight is 356 g/mol. The van der Waals surface area contributed by atoms with Gasteiger partial charge < -0.3 is 20.9 Å². The molecule has 138 valence electrons. The molecule has 7 heteroatoms. The molecule has 0 bridgehead atoms. The van der Waals surface area contributed by atoms with Crippen LogP contribution in [-0.2, 0) is 22.7 Å². The van der Waals surface area contributed by atoms with Crippen molar-refractivity contribution in [1.29, 1.82) is 0 Å². The third kappa shape index (κ3) is 3.87. The van der Waals surface area contributed by atoms with E-state index >= 15 is 0 Å². The predicted octanol–water partition coefficient (Wildman–Crippen LogP) is 1.40. The number of benzene rings is 1. The van der Waals surface area contributed by atoms with Gasteiger partial charge in [-0.15, -0.1) is 0 Å². The van der Waals surface area contributed by atoms with Gasteiger partial charge in [0.25, 0.3) is 5.91 Å². The zero-order valence-electron chi connectivity index (χ0n) is 15.1. The number of allylic oxidation sites excluding steroid dienone is 1. The number of amides is 4. The Morgan fingerprint density at radius 2 is 2.00 bits per heavy atom. The highest BCUT2D eigenvalue weighted by Crippen LogP contribution is 2.18. The number of hydrogen-bond acceptors (Lipinski definition) is 3. The summed E-state index contributed by atoms with van der Waals surface area (Å²) in [6.07, 6.45) is 1.52. The Hall–Kier alpha value is -2.83. The summed E-state index contributed by atoms with van der Waals surface area (Å²) in [4.78, 5) is 37.8. The first-order valence-corrected chi connectivity index (χ1v) is 8.86. The van der Waals surface area contributed by atoms with E-state index in [1.165, 1.54) is 0 Å². The van der Waals surface area contributed by atoms with Gasteiger partial charge in [0.05, 0.1) is 11.6 Å². The molecule has 2 aliphatic rings. The molecule has 1 unspecified atom stereocenters. The van der Waals surface area contributed by atoms with Crippen LogP contribution in [0.15, 0.2) is 35.5 Å². The highest BCUT2D eigenvalue weighted by Gasteiger charge is 2.26. The number of likely N-dealkylation sites (tertiary alicyclic amines) is 1. The third-order valence-corrected chi connectivity index (χ3v) is 4.82. The monoisotopic (exact) mass is 356 g/mol. The Labute approximate surface area is 152 Å². The van der Waals surface area contributed by atoms with Gasteiger partial charge in [-0.2, -0.15) is 0 Å². The molecule has 0 aliphatic carbocycles. The Bertz CT molecular complexity index is 772. The zero-order valence-corrected chi connectivity index (χ0v) is 15.1. The summed E-state index contributed by atoms with van der Waals surface area (Å²) < 4.78 is 0. The first kappa shape index (κ1) is 18.0. The lowest BCUT2D eigenvalue weighted by atomic mass is 10.0. The molecule has 1 aromatic carbocycles. The van der Waals surface area contributed by atoms with E-state index in [1.807, 2.05) is 29.2 Å². The molecule has 0 radical (unpaired) electrons. The topological polar surface area (TPSA) is 90.5 Å². The highest BCUT2D eigenvalue weighted by atomic mass is 16.2. The van der Waals surface area contributed by atoms with Crippen molar-refractivity contribution in [2.45, 2.75) is 45.8 Å². The maximum Gasteiger partial charge on any atom is 0.319 e. The normalized spacial score (nSPS) is 20.1. The van der Waals surface area contributed by atoms with Gasteiger partial charge in [-0.25, -0.2) is 4.79 Å². The minimum absolute atomic E-state index is 0.183. The molecule has 3 rings (SSSR count). The van der Waals surface area contributed by atoms with E-state index in [-0.39, 0.29) is 23.9 Å². The SMILES string of the molecule is CC1=C(C(=O)NCc2ccccc2CN2CCCC2=O)C(C)NC(=O)N1. The van der Waals surface area contributed by atoms with Gasteiger partial charge in [0.1, 0.15) is 0 Å². The molecule has 1 aromatic rings. The lowest BCUT2D eigenvalue weighted by molar-refractivity contribution is -0.128. The second-order valence-corrected chi connectivity index (χ2v) is 6.73. The lowest BCUT2D eigenvalue weighted by Gasteiger charge is -2.25. The van der Waals surface area contributed by atoms with Crippen molar-refractivity contribution in [2.75, 3.05) is 6.54 Å². The summed E-state index contributed by atoms with van der Waals surface area (Å²) in [5.74, 6) is -0.0305. The predicted molar refractivity (Wildman–Crippen MR) is 96.8 cm³/mol. The maximum absolute atomic E-state index is 12.6. The van der Waals surface area contributed by atoms with Gasteiger partial charge in [0.2, 0.25) is 5.91 Å². The Morgan fingerprint density at radius 1 is 1.27 bits per heavy atom.